The highest BCUT2D eigenvalue weighted by atomic mass is 15.2. The summed E-state index contributed by atoms with van der Waals surface area (Å²) in [5, 5.41) is 0. The Morgan fingerprint density at radius 3 is 2.62 bits per heavy atom. The highest BCUT2D eigenvalue weighted by Gasteiger charge is 2.22. The number of nitrogens with two attached hydrogens (primary N) is 1. The molecule has 1 aliphatic rings. The predicted octanol–water partition coefficient (Wildman–Crippen LogP) is 0.204. The topological polar surface area (TPSA) is 32.5 Å². The highest BCUT2D eigenvalue weighted by molar-refractivity contribution is 6.04. The van der Waals surface area contributed by atoms with Crippen molar-refractivity contribution in [2.45, 2.75) is 19.0 Å². The number of benzene rings is 1. The van der Waals surface area contributed by atoms with Crippen molar-refractivity contribution in [1.82, 2.24) is 4.81 Å². The Morgan fingerprint density at radius 1 is 1.44 bits per heavy atom. The first-order valence-electron chi connectivity index (χ1n) is 5.91. The van der Waals surface area contributed by atoms with Crippen molar-refractivity contribution in [2.75, 3.05) is 25.0 Å². The Morgan fingerprint density at radius 2 is 2.12 bits per heavy atom. The van der Waals surface area contributed by atoms with Gasteiger partial charge >= 0.3 is 0 Å². The van der Waals surface area contributed by atoms with E-state index >= 15 is 0 Å². The van der Waals surface area contributed by atoms with E-state index in [1.54, 1.807) is 0 Å². The Kier molecular flexibility index (Phi) is 3.51. The maximum Gasteiger partial charge on any atom is 0.185 e. The van der Waals surface area contributed by atoms with Crippen LogP contribution in [0.25, 0.3) is 0 Å². The zero-order valence-corrected chi connectivity index (χ0v) is 10.2. The van der Waals surface area contributed by atoms with Crippen molar-refractivity contribution in [3.63, 3.8) is 0 Å². The quantitative estimate of drug-likeness (QED) is 0.734. The smallest absolute Gasteiger partial charge is 0.185 e. The SMILES string of the molecule is BN1CCC(N(C)c2ccc(CN)cc2)C1. The summed E-state index contributed by atoms with van der Waals surface area (Å²) in [6.07, 6.45) is 1.26. The molecular weight excluding hydrogens is 197 g/mol. The van der Waals surface area contributed by atoms with Crippen LogP contribution in [-0.2, 0) is 6.54 Å². The van der Waals surface area contributed by atoms with Crippen molar-refractivity contribution >= 4 is 13.7 Å². The molecule has 1 aromatic carbocycles. The minimum atomic E-state index is 0.621. The van der Waals surface area contributed by atoms with Crippen molar-refractivity contribution in [3.05, 3.63) is 29.8 Å². The molecule has 86 valence electrons. The Bertz CT molecular complexity index is 339. The van der Waals surface area contributed by atoms with E-state index < -0.39 is 0 Å². The largest absolute Gasteiger partial charge is 0.370 e. The van der Waals surface area contributed by atoms with Crippen LogP contribution in [0.15, 0.2) is 24.3 Å². The second-order valence-electron chi connectivity index (χ2n) is 4.69. The van der Waals surface area contributed by atoms with Gasteiger partial charge in [-0.15, -0.1) is 0 Å². The summed E-state index contributed by atoms with van der Waals surface area (Å²) >= 11 is 0. The van der Waals surface area contributed by atoms with Crippen LogP contribution in [-0.4, -0.2) is 39.0 Å². The molecule has 0 bridgehead atoms. The molecule has 0 saturated carbocycles. The van der Waals surface area contributed by atoms with E-state index in [4.69, 9.17) is 5.73 Å². The molecule has 0 spiro atoms. The van der Waals surface area contributed by atoms with Gasteiger partial charge in [-0.2, -0.15) is 0 Å². The first-order valence-corrected chi connectivity index (χ1v) is 5.91. The van der Waals surface area contributed by atoms with Gasteiger partial charge in [-0.25, -0.2) is 0 Å². The summed E-state index contributed by atoms with van der Waals surface area (Å²) in [6, 6.07) is 9.21. The summed E-state index contributed by atoms with van der Waals surface area (Å²) in [7, 11) is 4.37. The molecule has 1 atom stereocenters. The normalized spacial score (nSPS) is 21.2. The molecule has 1 heterocycles. The number of hydrogen-bond acceptors (Lipinski definition) is 3. The minimum Gasteiger partial charge on any atom is -0.370 e. The van der Waals surface area contributed by atoms with Crippen molar-refractivity contribution in [1.29, 1.82) is 0 Å². The number of hydrogen-bond donors (Lipinski definition) is 1. The van der Waals surface area contributed by atoms with E-state index in [1.807, 2.05) is 0 Å². The van der Waals surface area contributed by atoms with Gasteiger partial charge in [0.15, 0.2) is 7.98 Å². The third kappa shape index (κ3) is 2.39. The molecule has 16 heavy (non-hydrogen) atoms. The molecule has 2 N–H and O–H groups in total. The van der Waals surface area contributed by atoms with Gasteiger partial charge in [-0.05, 0) is 30.7 Å². The van der Waals surface area contributed by atoms with Crippen LogP contribution >= 0.6 is 0 Å². The Hall–Kier alpha value is -0.995. The summed E-state index contributed by atoms with van der Waals surface area (Å²) < 4.78 is 0. The molecular formula is C12H20BN3. The number of likely N-dealkylation sites (N-methyl/N-ethyl adjacent to an activating group) is 1. The maximum atomic E-state index is 5.60. The summed E-state index contributed by atoms with van der Waals surface area (Å²) in [5.41, 5.74) is 8.08. The minimum absolute atomic E-state index is 0.621. The van der Waals surface area contributed by atoms with Crippen LogP contribution in [0.3, 0.4) is 0 Å². The fourth-order valence-corrected chi connectivity index (χ4v) is 2.31. The Balaban J connectivity index is 2.05. The van der Waals surface area contributed by atoms with Gasteiger partial charge in [-0.3, -0.25) is 0 Å². The molecule has 1 aliphatic heterocycles. The van der Waals surface area contributed by atoms with E-state index in [2.05, 4.69) is 49.0 Å². The molecule has 1 saturated heterocycles. The maximum absolute atomic E-state index is 5.60. The molecule has 4 heteroatoms. The average molecular weight is 217 g/mol. The highest BCUT2D eigenvalue weighted by Crippen LogP contribution is 2.20. The van der Waals surface area contributed by atoms with Gasteiger partial charge in [-0.1, -0.05) is 12.1 Å². The molecule has 1 unspecified atom stereocenters. The lowest BCUT2D eigenvalue weighted by molar-refractivity contribution is 0.547. The van der Waals surface area contributed by atoms with Crippen LogP contribution < -0.4 is 10.6 Å². The van der Waals surface area contributed by atoms with Gasteiger partial charge < -0.3 is 15.4 Å². The lowest BCUT2D eigenvalue weighted by atomic mass is 10.1. The summed E-state index contributed by atoms with van der Waals surface area (Å²) in [6.45, 7) is 2.99. The van der Waals surface area contributed by atoms with Crippen LogP contribution in [0.4, 0.5) is 5.69 Å². The van der Waals surface area contributed by atoms with Crippen LogP contribution in [0.1, 0.15) is 12.0 Å². The second kappa shape index (κ2) is 4.89. The fraction of sp³-hybridized carbons (Fsp3) is 0.500. The molecule has 1 aromatic rings. The lowest BCUT2D eigenvalue weighted by Crippen LogP contribution is -2.33. The molecule has 0 aromatic heterocycles. The standard InChI is InChI=1S/C12H20BN3/c1-15(12-6-7-16(13)9-12)11-4-2-10(8-14)3-5-11/h2-5,12H,6-9,13-14H2,1H3. The fourth-order valence-electron chi connectivity index (χ4n) is 2.31. The molecule has 0 amide bonds. The van der Waals surface area contributed by atoms with E-state index in [-0.39, 0.29) is 0 Å². The lowest BCUT2D eigenvalue weighted by Gasteiger charge is -2.26. The second-order valence-corrected chi connectivity index (χ2v) is 4.69. The zero-order valence-electron chi connectivity index (χ0n) is 10.2. The third-order valence-electron chi connectivity index (χ3n) is 3.49. The van der Waals surface area contributed by atoms with E-state index in [9.17, 15) is 0 Å². The molecule has 0 aliphatic carbocycles. The monoisotopic (exact) mass is 217 g/mol. The molecule has 2 rings (SSSR count). The van der Waals surface area contributed by atoms with Crippen LogP contribution in [0.5, 0.6) is 0 Å². The average Bonchev–Trinajstić information content (AvgIpc) is 2.75. The van der Waals surface area contributed by atoms with E-state index in [0.717, 1.165) is 6.54 Å². The first-order chi connectivity index (χ1) is 7.70. The number of nitrogens with zero attached hydrogens (tertiary/aromatic N) is 2. The third-order valence-corrected chi connectivity index (χ3v) is 3.49. The molecule has 3 nitrogen and oxygen atoms in total. The Labute approximate surface area is 98.6 Å². The van der Waals surface area contributed by atoms with Gasteiger partial charge in [0.1, 0.15) is 0 Å². The zero-order chi connectivity index (χ0) is 11.5. The van der Waals surface area contributed by atoms with Gasteiger partial charge in [0.05, 0.1) is 0 Å². The van der Waals surface area contributed by atoms with Gasteiger partial charge in [0, 0.05) is 31.9 Å². The summed E-state index contributed by atoms with van der Waals surface area (Å²) in [4.78, 5) is 4.76. The van der Waals surface area contributed by atoms with Gasteiger partial charge in [0.25, 0.3) is 0 Å². The first kappa shape index (κ1) is 11.5. The van der Waals surface area contributed by atoms with Crippen LogP contribution in [0, 0.1) is 0 Å². The van der Waals surface area contributed by atoms with E-state index in [0.29, 0.717) is 12.6 Å². The number of rotatable bonds is 3. The molecule has 1 fully saturated rings. The van der Waals surface area contributed by atoms with Gasteiger partial charge in [0.2, 0.25) is 0 Å². The van der Waals surface area contributed by atoms with E-state index in [1.165, 1.54) is 24.2 Å². The van der Waals surface area contributed by atoms with Crippen LogP contribution in [0.2, 0.25) is 0 Å². The summed E-state index contributed by atoms with van der Waals surface area (Å²) in [5.74, 6) is 0. The predicted molar refractivity (Wildman–Crippen MR) is 71.3 cm³/mol. The number of anilines is 1. The molecule has 0 radical (unpaired) electrons. The van der Waals surface area contributed by atoms with Crippen molar-refractivity contribution in [2.24, 2.45) is 5.73 Å². The van der Waals surface area contributed by atoms with Crippen molar-refractivity contribution in [3.8, 4) is 0 Å². The van der Waals surface area contributed by atoms with Crippen molar-refractivity contribution < 1.29 is 0 Å².